The number of rotatable bonds is 6. The molecule has 2 heterocycles. The summed E-state index contributed by atoms with van der Waals surface area (Å²) in [5.41, 5.74) is 4.90. The van der Waals surface area contributed by atoms with Crippen LogP contribution in [-0.2, 0) is 6.42 Å². The largest absolute Gasteiger partial charge is 0.497 e. The Kier molecular flexibility index (Phi) is 6.23. The summed E-state index contributed by atoms with van der Waals surface area (Å²) in [5, 5.41) is 4.20. The van der Waals surface area contributed by atoms with E-state index in [0.29, 0.717) is 24.6 Å². The molecule has 0 saturated carbocycles. The van der Waals surface area contributed by atoms with Gasteiger partial charge in [-0.1, -0.05) is 24.3 Å². The first kappa shape index (κ1) is 22.7. The van der Waals surface area contributed by atoms with Gasteiger partial charge < -0.3 is 29.4 Å². The van der Waals surface area contributed by atoms with Crippen molar-refractivity contribution in [2.45, 2.75) is 19.4 Å². The Morgan fingerprint density at radius 2 is 1.77 bits per heavy atom. The van der Waals surface area contributed by atoms with Crippen LogP contribution in [0.3, 0.4) is 0 Å². The van der Waals surface area contributed by atoms with Crippen molar-refractivity contribution < 1.29 is 19.0 Å². The van der Waals surface area contributed by atoms with Gasteiger partial charge in [0, 0.05) is 23.1 Å². The van der Waals surface area contributed by atoms with Crippen LogP contribution >= 0.6 is 0 Å². The number of hydrogen-bond donors (Lipinski definition) is 2. The number of methoxy groups -OCH3 is 2. The summed E-state index contributed by atoms with van der Waals surface area (Å²) in [6.07, 6.45) is 0.732. The minimum Gasteiger partial charge on any atom is -0.497 e. The first-order chi connectivity index (χ1) is 17.1. The zero-order valence-corrected chi connectivity index (χ0v) is 20.1. The Hall–Kier alpha value is -4.13. The van der Waals surface area contributed by atoms with Crippen LogP contribution in [0.1, 0.15) is 29.8 Å². The van der Waals surface area contributed by atoms with Crippen LogP contribution in [0.5, 0.6) is 17.2 Å². The van der Waals surface area contributed by atoms with Crippen LogP contribution < -0.4 is 19.5 Å². The molecule has 0 bridgehead atoms. The lowest BCUT2D eigenvalue weighted by Gasteiger charge is -2.36. The van der Waals surface area contributed by atoms with Crippen LogP contribution in [0.15, 0.2) is 66.7 Å². The number of fused-ring (bicyclic) bond motifs is 3. The third-order valence-corrected chi connectivity index (χ3v) is 6.46. The van der Waals surface area contributed by atoms with E-state index < -0.39 is 0 Å². The van der Waals surface area contributed by atoms with Gasteiger partial charge in [-0.2, -0.15) is 0 Å². The number of aromatic nitrogens is 1. The number of urea groups is 1. The lowest BCUT2D eigenvalue weighted by Crippen LogP contribution is -2.43. The number of carbonyl (C=O) groups is 1. The second-order valence-corrected chi connectivity index (χ2v) is 8.41. The molecule has 4 aromatic rings. The lowest BCUT2D eigenvalue weighted by atomic mass is 9.92. The summed E-state index contributed by atoms with van der Waals surface area (Å²) in [4.78, 5) is 19.1. The van der Waals surface area contributed by atoms with E-state index in [4.69, 9.17) is 14.2 Å². The van der Waals surface area contributed by atoms with E-state index >= 15 is 0 Å². The predicted molar refractivity (Wildman–Crippen MR) is 137 cm³/mol. The van der Waals surface area contributed by atoms with Crippen molar-refractivity contribution in [3.8, 4) is 17.2 Å². The van der Waals surface area contributed by atoms with E-state index in [9.17, 15) is 4.79 Å². The highest BCUT2D eigenvalue weighted by Gasteiger charge is 2.35. The maximum Gasteiger partial charge on any atom is 0.322 e. The predicted octanol–water partition coefficient (Wildman–Crippen LogP) is 5.76. The molecule has 7 nitrogen and oxygen atoms in total. The van der Waals surface area contributed by atoms with Gasteiger partial charge in [-0.05, 0) is 66.9 Å². The molecular weight excluding hydrogens is 442 g/mol. The number of hydrogen-bond acceptors (Lipinski definition) is 4. The molecule has 1 aromatic heterocycles. The fourth-order valence-corrected chi connectivity index (χ4v) is 4.78. The molecule has 0 radical (unpaired) electrons. The number of nitrogens with one attached hydrogen (secondary N) is 2. The van der Waals surface area contributed by atoms with Gasteiger partial charge in [-0.25, -0.2) is 4.79 Å². The van der Waals surface area contributed by atoms with Gasteiger partial charge >= 0.3 is 6.03 Å². The van der Waals surface area contributed by atoms with Gasteiger partial charge in [0.1, 0.15) is 17.2 Å². The van der Waals surface area contributed by atoms with Crippen LogP contribution in [-0.4, -0.2) is 43.3 Å². The smallest absolute Gasteiger partial charge is 0.322 e. The zero-order valence-electron chi connectivity index (χ0n) is 20.1. The quantitative estimate of drug-likeness (QED) is 0.375. The van der Waals surface area contributed by atoms with Gasteiger partial charge in [0.15, 0.2) is 0 Å². The van der Waals surface area contributed by atoms with Crippen molar-refractivity contribution in [1.82, 2.24) is 9.88 Å². The number of ether oxygens (including phenoxy) is 3. The Morgan fingerprint density at radius 1 is 1.03 bits per heavy atom. The van der Waals surface area contributed by atoms with Crippen LogP contribution in [0, 0.1) is 0 Å². The van der Waals surface area contributed by atoms with Gasteiger partial charge in [0.05, 0.1) is 32.6 Å². The van der Waals surface area contributed by atoms with E-state index in [0.717, 1.165) is 40.1 Å². The summed E-state index contributed by atoms with van der Waals surface area (Å²) in [6.45, 7) is 3.01. The van der Waals surface area contributed by atoms with Crippen LogP contribution in [0.25, 0.3) is 10.9 Å². The number of benzene rings is 3. The summed E-state index contributed by atoms with van der Waals surface area (Å²) in [6, 6.07) is 20.9. The molecule has 0 fully saturated rings. The SMILES string of the molecule is CCOc1ccccc1NC(=O)N1CCc2c([nH]c3ccc(OC)cc23)C1c1ccc(OC)cc1. The van der Waals surface area contributed by atoms with Crippen LogP contribution in [0.2, 0.25) is 0 Å². The molecule has 1 aliphatic heterocycles. The monoisotopic (exact) mass is 471 g/mol. The molecule has 180 valence electrons. The molecule has 0 aliphatic carbocycles. The molecule has 5 rings (SSSR count). The van der Waals surface area contributed by atoms with Gasteiger partial charge in [0.25, 0.3) is 0 Å². The summed E-state index contributed by atoms with van der Waals surface area (Å²) >= 11 is 0. The standard InChI is InChI=1S/C28H29N3O4/c1-4-35-25-8-6-5-7-24(25)30-28(32)31-16-15-21-22-17-20(34-3)13-14-23(22)29-26(21)27(31)18-9-11-19(33-2)12-10-18/h5-14,17,27,29H,4,15-16H2,1-3H3,(H,30,32). The molecule has 0 spiro atoms. The minimum atomic E-state index is -0.290. The molecule has 35 heavy (non-hydrogen) atoms. The van der Waals surface area contributed by atoms with Crippen molar-refractivity contribution in [1.29, 1.82) is 0 Å². The van der Waals surface area contributed by atoms with Gasteiger partial charge in [-0.3, -0.25) is 0 Å². The Labute approximate surface area is 204 Å². The molecular formula is C28H29N3O4. The van der Waals surface area contributed by atoms with Crippen molar-refractivity contribution in [3.63, 3.8) is 0 Å². The third-order valence-electron chi connectivity index (χ3n) is 6.46. The normalized spacial score (nSPS) is 14.9. The van der Waals surface area contributed by atoms with E-state index in [1.54, 1.807) is 14.2 Å². The molecule has 1 atom stereocenters. The van der Waals surface area contributed by atoms with Crippen LogP contribution in [0.4, 0.5) is 10.5 Å². The number of para-hydroxylation sites is 2. The molecule has 7 heteroatoms. The number of aromatic amines is 1. The second kappa shape index (κ2) is 9.62. The topological polar surface area (TPSA) is 75.8 Å². The highest BCUT2D eigenvalue weighted by Crippen LogP contribution is 2.40. The average molecular weight is 472 g/mol. The molecule has 2 amide bonds. The van der Waals surface area contributed by atoms with Gasteiger partial charge in [0.2, 0.25) is 0 Å². The van der Waals surface area contributed by atoms with Gasteiger partial charge in [-0.15, -0.1) is 0 Å². The van der Waals surface area contributed by atoms with Crippen molar-refractivity contribution in [2.75, 3.05) is 32.7 Å². The van der Waals surface area contributed by atoms with Crippen molar-refractivity contribution in [3.05, 3.63) is 83.6 Å². The number of carbonyl (C=O) groups excluding carboxylic acids is 1. The van der Waals surface area contributed by atoms with Crippen molar-refractivity contribution >= 4 is 22.6 Å². The molecule has 1 aliphatic rings. The maximum absolute atomic E-state index is 13.7. The summed E-state index contributed by atoms with van der Waals surface area (Å²) in [5.74, 6) is 2.24. The maximum atomic E-state index is 13.7. The van der Waals surface area contributed by atoms with E-state index in [1.165, 1.54) is 5.56 Å². The second-order valence-electron chi connectivity index (χ2n) is 8.41. The Balaban J connectivity index is 1.56. The van der Waals surface area contributed by atoms with Crippen molar-refractivity contribution in [2.24, 2.45) is 0 Å². The van der Waals surface area contributed by atoms with E-state index in [2.05, 4.69) is 16.4 Å². The number of H-pyrrole nitrogens is 1. The molecule has 0 saturated heterocycles. The Morgan fingerprint density at radius 3 is 2.51 bits per heavy atom. The lowest BCUT2D eigenvalue weighted by molar-refractivity contribution is 0.193. The molecule has 3 aromatic carbocycles. The van der Waals surface area contributed by atoms with E-state index in [1.807, 2.05) is 72.5 Å². The highest BCUT2D eigenvalue weighted by atomic mass is 16.5. The number of anilines is 1. The molecule has 1 unspecified atom stereocenters. The average Bonchev–Trinajstić information content (AvgIpc) is 3.27. The summed E-state index contributed by atoms with van der Waals surface area (Å²) < 4.78 is 16.5. The fraction of sp³-hybridized carbons (Fsp3) is 0.250. The third kappa shape index (κ3) is 4.25. The Bertz CT molecular complexity index is 1350. The summed E-state index contributed by atoms with van der Waals surface area (Å²) in [7, 11) is 3.32. The zero-order chi connectivity index (χ0) is 24.4. The molecule has 2 N–H and O–H groups in total. The fourth-order valence-electron chi connectivity index (χ4n) is 4.78. The highest BCUT2D eigenvalue weighted by molar-refractivity contribution is 5.93. The van der Waals surface area contributed by atoms with E-state index in [-0.39, 0.29) is 12.1 Å². The first-order valence-corrected chi connectivity index (χ1v) is 11.7. The first-order valence-electron chi connectivity index (χ1n) is 11.7. The minimum absolute atomic E-state index is 0.181. The number of nitrogens with zero attached hydrogens (tertiary/aromatic N) is 1. The number of amides is 2.